The van der Waals surface area contributed by atoms with Crippen LogP contribution in [0.3, 0.4) is 0 Å². The molecule has 6 aromatic carbocycles. The van der Waals surface area contributed by atoms with Crippen molar-refractivity contribution < 1.29 is 0 Å². The van der Waals surface area contributed by atoms with E-state index < -0.39 is 0 Å². The van der Waals surface area contributed by atoms with E-state index in [1.54, 1.807) is 10.8 Å². The Balaban J connectivity index is 1.27. The van der Waals surface area contributed by atoms with E-state index >= 15 is 0 Å². The third-order valence-corrected chi connectivity index (χ3v) is 10.2. The molecule has 47 heavy (non-hydrogen) atoms. The average molecular weight is 605 g/mol. The van der Waals surface area contributed by atoms with Gasteiger partial charge in [-0.2, -0.15) is 0 Å². The van der Waals surface area contributed by atoms with Gasteiger partial charge in [0.25, 0.3) is 5.56 Å². The average Bonchev–Trinajstić information content (AvgIpc) is 3.56. The normalized spacial score (nSPS) is 13.6. The molecule has 1 aliphatic rings. The minimum atomic E-state index is -0.204. The topological polar surface area (TPSA) is 52.7 Å². The molecular weight excluding hydrogens is 576 g/mol. The maximum absolute atomic E-state index is 14.0. The monoisotopic (exact) mass is 604 g/mol. The van der Waals surface area contributed by atoms with Gasteiger partial charge in [-0.3, -0.25) is 13.9 Å². The summed E-state index contributed by atoms with van der Waals surface area (Å²) in [5.74, 6) is 0.546. The zero-order valence-electron chi connectivity index (χ0n) is 25.9. The lowest BCUT2D eigenvalue weighted by Crippen LogP contribution is -2.20. The standard InChI is InChI=1S/C42H28N4O/c1-42(2)34-23-37-32(22-31(34)29-21-20-25-12-6-7-15-27(25)38(29)42)28-16-8-10-18-35(28)46(37)41-43-24-33-39(44-41)30-17-9-11-19-36(30)45(40(33)47)26-13-4-3-5-14-26/h3-24H,1-2H3. The molecule has 0 fully saturated rings. The Hall–Kier alpha value is -6.07. The largest absolute Gasteiger partial charge is 0.278 e. The summed E-state index contributed by atoms with van der Waals surface area (Å²) in [7, 11) is 0. The zero-order chi connectivity index (χ0) is 31.4. The Morgan fingerprint density at radius 3 is 2.06 bits per heavy atom. The minimum Gasteiger partial charge on any atom is -0.278 e. The number of hydrogen-bond acceptors (Lipinski definition) is 3. The van der Waals surface area contributed by atoms with E-state index in [-0.39, 0.29) is 11.0 Å². The van der Waals surface area contributed by atoms with Crippen molar-refractivity contribution in [2.75, 3.05) is 0 Å². The summed E-state index contributed by atoms with van der Waals surface area (Å²) in [6.45, 7) is 4.67. The van der Waals surface area contributed by atoms with Gasteiger partial charge in [0.1, 0.15) is 0 Å². The molecule has 0 N–H and O–H groups in total. The van der Waals surface area contributed by atoms with Gasteiger partial charge in [-0.15, -0.1) is 0 Å². The van der Waals surface area contributed by atoms with Crippen molar-refractivity contribution in [1.29, 1.82) is 0 Å². The second kappa shape index (κ2) is 9.24. The van der Waals surface area contributed by atoms with Gasteiger partial charge in [0.2, 0.25) is 5.95 Å². The van der Waals surface area contributed by atoms with Crippen molar-refractivity contribution in [2.45, 2.75) is 19.3 Å². The second-order valence-corrected chi connectivity index (χ2v) is 13.0. The first kappa shape index (κ1) is 26.2. The van der Waals surface area contributed by atoms with Crippen LogP contribution in [-0.4, -0.2) is 19.1 Å². The van der Waals surface area contributed by atoms with Crippen molar-refractivity contribution in [3.05, 3.63) is 155 Å². The highest BCUT2D eigenvalue weighted by Crippen LogP contribution is 2.53. The first-order valence-electron chi connectivity index (χ1n) is 16.0. The molecule has 0 saturated carbocycles. The quantitative estimate of drug-likeness (QED) is 0.185. The van der Waals surface area contributed by atoms with Gasteiger partial charge < -0.3 is 0 Å². The smallest absolute Gasteiger partial charge is 0.266 e. The fraction of sp³-hybridized carbons (Fsp3) is 0.0714. The molecule has 0 spiro atoms. The molecule has 10 rings (SSSR count). The maximum Gasteiger partial charge on any atom is 0.266 e. The number of benzene rings is 6. The second-order valence-electron chi connectivity index (χ2n) is 13.0. The van der Waals surface area contributed by atoms with Gasteiger partial charge in [-0.1, -0.05) is 105 Å². The highest BCUT2D eigenvalue weighted by atomic mass is 16.1. The Kier molecular flexibility index (Phi) is 5.15. The lowest BCUT2D eigenvalue weighted by atomic mass is 9.80. The predicted molar refractivity (Wildman–Crippen MR) is 192 cm³/mol. The molecule has 0 atom stereocenters. The highest BCUT2D eigenvalue weighted by molar-refractivity contribution is 6.12. The van der Waals surface area contributed by atoms with E-state index in [9.17, 15) is 4.79 Å². The fourth-order valence-electron chi connectivity index (χ4n) is 8.05. The van der Waals surface area contributed by atoms with Crippen LogP contribution in [0, 0.1) is 0 Å². The summed E-state index contributed by atoms with van der Waals surface area (Å²) in [4.78, 5) is 24.1. The lowest BCUT2D eigenvalue weighted by molar-refractivity contribution is 0.667. The molecule has 0 aliphatic heterocycles. The van der Waals surface area contributed by atoms with Crippen molar-refractivity contribution in [3.8, 4) is 22.8 Å². The van der Waals surface area contributed by atoms with Crippen LogP contribution in [0.4, 0.5) is 0 Å². The molecule has 222 valence electrons. The van der Waals surface area contributed by atoms with E-state index in [4.69, 9.17) is 9.97 Å². The first-order chi connectivity index (χ1) is 23.0. The minimum absolute atomic E-state index is 0.136. The van der Waals surface area contributed by atoms with E-state index in [1.807, 2.05) is 54.6 Å². The van der Waals surface area contributed by atoms with Crippen LogP contribution in [-0.2, 0) is 5.41 Å². The van der Waals surface area contributed by atoms with Crippen LogP contribution < -0.4 is 5.56 Å². The number of nitrogens with zero attached hydrogens (tertiary/aromatic N) is 4. The molecule has 9 aromatic rings. The summed E-state index contributed by atoms with van der Waals surface area (Å²) in [5.41, 5.74) is 9.25. The van der Waals surface area contributed by atoms with Crippen LogP contribution in [0.5, 0.6) is 0 Å². The molecule has 0 saturated heterocycles. The van der Waals surface area contributed by atoms with Crippen LogP contribution >= 0.6 is 0 Å². The number of hydrogen-bond donors (Lipinski definition) is 0. The summed E-state index contributed by atoms with van der Waals surface area (Å²) in [6, 6.07) is 44.1. The van der Waals surface area contributed by atoms with Crippen LogP contribution in [0.15, 0.2) is 138 Å². The molecule has 0 radical (unpaired) electrons. The Morgan fingerprint density at radius 1 is 0.574 bits per heavy atom. The lowest BCUT2D eigenvalue weighted by Gasteiger charge is -2.23. The number of rotatable bonds is 2. The van der Waals surface area contributed by atoms with Gasteiger partial charge in [0.15, 0.2) is 0 Å². The molecule has 3 heterocycles. The summed E-state index contributed by atoms with van der Waals surface area (Å²) in [5, 5.41) is 6.25. The Labute approximate surface area is 270 Å². The molecule has 0 amide bonds. The number of aromatic nitrogens is 4. The summed E-state index contributed by atoms with van der Waals surface area (Å²) < 4.78 is 3.92. The molecule has 3 aromatic heterocycles. The predicted octanol–water partition coefficient (Wildman–Crippen LogP) is 9.49. The molecule has 5 nitrogen and oxygen atoms in total. The first-order valence-corrected chi connectivity index (χ1v) is 16.0. The Morgan fingerprint density at radius 2 is 1.26 bits per heavy atom. The highest BCUT2D eigenvalue weighted by Gasteiger charge is 2.38. The van der Waals surface area contributed by atoms with E-state index in [0.717, 1.165) is 38.4 Å². The maximum atomic E-state index is 14.0. The van der Waals surface area contributed by atoms with Crippen LogP contribution in [0.1, 0.15) is 25.0 Å². The molecule has 5 heteroatoms. The van der Waals surface area contributed by atoms with Gasteiger partial charge in [0, 0.05) is 33.5 Å². The van der Waals surface area contributed by atoms with Gasteiger partial charge in [-0.25, -0.2) is 9.97 Å². The number of para-hydroxylation sites is 3. The number of pyridine rings is 1. The molecule has 0 unspecified atom stereocenters. The van der Waals surface area contributed by atoms with E-state index in [0.29, 0.717) is 16.9 Å². The van der Waals surface area contributed by atoms with Crippen molar-refractivity contribution in [2.24, 2.45) is 0 Å². The number of fused-ring (bicyclic) bond motifs is 11. The molecule has 1 aliphatic carbocycles. The van der Waals surface area contributed by atoms with Gasteiger partial charge in [0.05, 0.1) is 27.5 Å². The van der Waals surface area contributed by atoms with Gasteiger partial charge in [-0.05, 0) is 69.4 Å². The summed E-state index contributed by atoms with van der Waals surface area (Å²) >= 11 is 0. The fourth-order valence-corrected chi connectivity index (χ4v) is 8.05. The van der Waals surface area contributed by atoms with E-state index in [1.165, 1.54) is 33.0 Å². The van der Waals surface area contributed by atoms with Crippen LogP contribution in [0.2, 0.25) is 0 Å². The van der Waals surface area contributed by atoms with Crippen LogP contribution in [0.25, 0.3) is 77.1 Å². The Bertz CT molecular complexity index is 2840. The van der Waals surface area contributed by atoms with Crippen molar-refractivity contribution in [1.82, 2.24) is 19.1 Å². The third kappa shape index (κ3) is 3.46. The summed E-state index contributed by atoms with van der Waals surface area (Å²) in [6.07, 6.45) is 1.70. The van der Waals surface area contributed by atoms with E-state index in [2.05, 4.69) is 91.2 Å². The zero-order valence-corrected chi connectivity index (χ0v) is 25.9. The third-order valence-electron chi connectivity index (χ3n) is 10.2. The SMILES string of the molecule is CC1(C)c2cc3c(cc2-c2ccc4ccccc4c21)c1ccccc1n3-c1ncc2c(=O)n(-c3ccccc3)c3ccccc3c2n1. The molecule has 0 bridgehead atoms. The van der Waals surface area contributed by atoms with Crippen molar-refractivity contribution >= 4 is 54.4 Å². The van der Waals surface area contributed by atoms with Crippen molar-refractivity contribution in [3.63, 3.8) is 0 Å². The van der Waals surface area contributed by atoms with Gasteiger partial charge >= 0.3 is 0 Å². The molecular formula is C42H28N4O.